The molecule has 0 saturated carbocycles. The molecule has 1 aromatic rings. The molecule has 5 heteroatoms. The molecule has 130 valence electrons. The second-order valence-electron chi connectivity index (χ2n) is 7.52. The Hall–Kier alpha value is -2.04. The van der Waals surface area contributed by atoms with Gasteiger partial charge < -0.3 is 9.47 Å². The van der Waals surface area contributed by atoms with Crippen LogP contribution in [-0.2, 0) is 4.74 Å². The number of rotatable bonds is 2. The number of methoxy groups -OCH3 is 1. The Labute approximate surface area is 143 Å². The van der Waals surface area contributed by atoms with Gasteiger partial charge in [-0.3, -0.25) is 4.90 Å². The lowest BCUT2D eigenvalue weighted by molar-refractivity contribution is 0.0000826. The lowest BCUT2D eigenvalue weighted by Crippen LogP contribution is -2.53. The van der Waals surface area contributed by atoms with Crippen molar-refractivity contribution in [3.05, 3.63) is 30.0 Å². The average molecular weight is 330 g/mol. The van der Waals surface area contributed by atoms with Crippen molar-refractivity contribution < 1.29 is 14.3 Å². The van der Waals surface area contributed by atoms with Gasteiger partial charge in [0, 0.05) is 18.3 Å². The number of hydrogen-bond acceptors (Lipinski definition) is 4. The highest BCUT2D eigenvalue weighted by Gasteiger charge is 2.39. The molecule has 0 N–H and O–H groups in total. The Morgan fingerprint density at radius 3 is 2.79 bits per heavy atom. The Morgan fingerprint density at radius 1 is 1.33 bits per heavy atom. The van der Waals surface area contributed by atoms with E-state index >= 15 is 0 Å². The van der Waals surface area contributed by atoms with E-state index in [0.717, 1.165) is 31.2 Å². The zero-order valence-electron chi connectivity index (χ0n) is 14.9. The second-order valence-corrected chi connectivity index (χ2v) is 7.52. The van der Waals surface area contributed by atoms with Crippen molar-refractivity contribution in [2.45, 2.75) is 64.1 Å². The van der Waals surface area contributed by atoms with E-state index in [1.165, 1.54) is 5.57 Å². The average Bonchev–Trinajstić information content (AvgIpc) is 2.52. The van der Waals surface area contributed by atoms with Crippen LogP contribution >= 0.6 is 0 Å². The normalized spacial score (nSPS) is 23.5. The molecule has 24 heavy (non-hydrogen) atoms. The largest absolute Gasteiger partial charge is 0.481 e. The highest BCUT2D eigenvalue weighted by Crippen LogP contribution is 2.38. The van der Waals surface area contributed by atoms with Gasteiger partial charge in [-0.2, -0.15) is 0 Å². The zero-order chi connectivity index (χ0) is 17.3. The van der Waals surface area contributed by atoms with Gasteiger partial charge in [-0.05, 0) is 63.7 Å². The number of pyridine rings is 1. The van der Waals surface area contributed by atoms with Crippen LogP contribution in [0.4, 0.5) is 4.79 Å². The van der Waals surface area contributed by atoms with Crippen molar-refractivity contribution in [3.63, 3.8) is 0 Å². The number of nitrogens with zero attached hydrogens (tertiary/aromatic N) is 2. The fourth-order valence-electron chi connectivity index (χ4n) is 3.56. The van der Waals surface area contributed by atoms with E-state index in [1.807, 2.05) is 37.8 Å². The molecule has 2 bridgehead atoms. The number of ether oxygens (including phenoxy) is 2. The molecule has 2 unspecified atom stereocenters. The van der Waals surface area contributed by atoms with Crippen LogP contribution < -0.4 is 4.74 Å². The van der Waals surface area contributed by atoms with E-state index in [-0.39, 0.29) is 18.2 Å². The highest BCUT2D eigenvalue weighted by atomic mass is 16.6. The summed E-state index contributed by atoms with van der Waals surface area (Å²) in [6.45, 7) is 5.74. The van der Waals surface area contributed by atoms with Crippen molar-refractivity contribution in [1.82, 2.24) is 9.88 Å². The van der Waals surface area contributed by atoms with Crippen molar-refractivity contribution in [2.24, 2.45) is 0 Å². The van der Waals surface area contributed by atoms with E-state index < -0.39 is 5.60 Å². The molecule has 0 aliphatic carbocycles. The first kappa shape index (κ1) is 16.8. The van der Waals surface area contributed by atoms with Gasteiger partial charge in [0.25, 0.3) is 0 Å². The summed E-state index contributed by atoms with van der Waals surface area (Å²) in [5.74, 6) is 0.619. The molecule has 5 nitrogen and oxygen atoms in total. The topological polar surface area (TPSA) is 51.7 Å². The molecular weight excluding hydrogens is 304 g/mol. The first-order chi connectivity index (χ1) is 11.4. The van der Waals surface area contributed by atoms with E-state index in [0.29, 0.717) is 5.88 Å². The molecule has 1 fully saturated rings. The molecule has 2 aliphatic rings. The number of hydrogen-bond donors (Lipinski definition) is 0. The van der Waals surface area contributed by atoms with E-state index in [4.69, 9.17) is 9.47 Å². The lowest BCUT2D eigenvalue weighted by Gasteiger charge is -2.45. The molecule has 3 heterocycles. The molecule has 1 saturated heterocycles. The molecule has 3 rings (SSSR count). The number of carbonyl (C=O) groups excluding carboxylic acids is 1. The minimum Gasteiger partial charge on any atom is -0.481 e. The molecule has 0 radical (unpaired) electrons. The maximum atomic E-state index is 12.6. The van der Waals surface area contributed by atoms with Crippen LogP contribution in [0.1, 0.15) is 52.0 Å². The van der Waals surface area contributed by atoms with Crippen molar-refractivity contribution in [2.75, 3.05) is 7.11 Å². The first-order valence-corrected chi connectivity index (χ1v) is 8.60. The smallest absolute Gasteiger partial charge is 0.411 e. The number of amides is 1. The summed E-state index contributed by atoms with van der Waals surface area (Å²) >= 11 is 0. The van der Waals surface area contributed by atoms with E-state index in [1.54, 1.807) is 13.3 Å². The van der Waals surface area contributed by atoms with Crippen LogP contribution in [0.3, 0.4) is 0 Å². The third kappa shape index (κ3) is 3.55. The quantitative estimate of drug-likeness (QED) is 0.821. The first-order valence-electron chi connectivity index (χ1n) is 8.60. The van der Waals surface area contributed by atoms with Gasteiger partial charge in [0.1, 0.15) is 5.60 Å². The predicted octanol–water partition coefficient (Wildman–Crippen LogP) is 4.04. The Morgan fingerprint density at radius 2 is 2.12 bits per heavy atom. The van der Waals surface area contributed by atoms with Crippen molar-refractivity contribution in [3.8, 4) is 5.88 Å². The summed E-state index contributed by atoms with van der Waals surface area (Å²) in [7, 11) is 1.63. The maximum Gasteiger partial charge on any atom is 0.411 e. The highest BCUT2D eigenvalue weighted by molar-refractivity contribution is 5.75. The van der Waals surface area contributed by atoms with Gasteiger partial charge in [0.05, 0.1) is 13.2 Å². The van der Waals surface area contributed by atoms with E-state index in [9.17, 15) is 4.79 Å². The summed E-state index contributed by atoms with van der Waals surface area (Å²) < 4.78 is 10.8. The van der Waals surface area contributed by atoms with Gasteiger partial charge in [0.15, 0.2) is 0 Å². The van der Waals surface area contributed by atoms with Gasteiger partial charge in [-0.15, -0.1) is 0 Å². The SMILES string of the molecule is COc1cc(C2=CC3CCCC(C2)N3C(=O)OC(C)(C)C)ccn1. The number of fused-ring (bicyclic) bond motifs is 2. The number of carbonyl (C=O) groups is 1. The molecule has 2 aliphatic heterocycles. The summed E-state index contributed by atoms with van der Waals surface area (Å²) in [6.07, 6.45) is 7.80. The Balaban J connectivity index is 1.85. The van der Waals surface area contributed by atoms with Gasteiger partial charge >= 0.3 is 6.09 Å². The number of aromatic nitrogens is 1. The third-order valence-corrected chi connectivity index (χ3v) is 4.56. The summed E-state index contributed by atoms with van der Waals surface area (Å²) in [5, 5.41) is 0. The molecule has 0 aromatic carbocycles. The summed E-state index contributed by atoms with van der Waals surface area (Å²) in [4.78, 5) is 18.7. The second kappa shape index (κ2) is 6.46. The van der Waals surface area contributed by atoms with Crippen LogP contribution in [0.5, 0.6) is 5.88 Å². The molecular formula is C19H26N2O3. The standard InChI is InChI=1S/C19H26N2O3/c1-19(2,3)24-18(22)21-15-6-5-7-16(21)11-14(10-15)13-8-9-20-17(12-13)23-4/h8-10,12,15-16H,5-7,11H2,1-4H3. The van der Waals surface area contributed by atoms with Crippen molar-refractivity contribution in [1.29, 1.82) is 0 Å². The molecule has 1 aromatic heterocycles. The minimum atomic E-state index is -0.464. The molecule has 0 spiro atoms. The predicted molar refractivity (Wildman–Crippen MR) is 92.9 cm³/mol. The summed E-state index contributed by atoms with van der Waals surface area (Å²) in [6, 6.07) is 4.29. The van der Waals surface area contributed by atoms with Crippen LogP contribution in [0.2, 0.25) is 0 Å². The van der Waals surface area contributed by atoms with Gasteiger partial charge in [-0.1, -0.05) is 6.08 Å². The van der Waals surface area contributed by atoms with Crippen LogP contribution in [0.15, 0.2) is 24.4 Å². The maximum absolute atomic E-state index is 12.6. The van der Waals surface area contributed by atoms with E-state index in [2.05, 4.69) is 11.1 Å². The van der Waals surface area contributed by atoms with Crippen LogP contribution in [-0.4, -0.2) is 40.8 Å². The zero-order valence-corrected chi connectivity index (χ0v) is 14.9. The fraction of sp³-hybridized carbons (Fsp3) is 0.579. The van der Waals surface area contributed by atoms with Crippen molar-refractivity contribution >= 4 is 11.7 Å². The molecule has 1 amide bonds. The monoisotopic (exact) mass is 330 g/mol. The van der Waals surface area contributed by atoms with Gasteiger partial charge in [0.2, 0.25) is 5.88 Å². The minimum absolute atomic E-state index is 0.113. The third-order valence-electron chi connectivity index (χ3n) is 4.56. The molecule has 2 atom stereocenters. The van der Waals surface area contributed by atoms with Crippen LogP contribution in [0.25, 0.3) is 5.57 Å². The lowest BCUT2D eigenvalue weighted by atomic mass is 9.83. The summed E-state index contributed by atoms with van der Waals surface area (Å²) in [5.41, 5.74) is 1.93. The Kier molecular flexibility index (Phi) is 4.52. The fourth-order valence-corrected chi connectivity index (χ4v) is 3.56. The number of piperidine rings is 1. The van der Waals surface area contributed by atoms with Gasteiger partial charge in [-0.25, -0.2) is 9.78 Å². The Bertz CT molecular complexity index is 648. The van der Waals surface area contributed by atoms with Crippen LogP contribution in [0, 0.1) is 0 Å².